The van der Waals surface area contributed by atoms with Gasteiger partial charge in [-0.1, -0.05) is 61.9 Å². The average molecular weight is 359 g/mol. The first-order valence-electron chi connectivity index (χ1n) is 8.30. The molecule has 0 heterocycles. The van der Waals surface area contributed by atoms with E-state index in [-0.39, 0.29) is 22.9 Å². The average Bonchev–Trinajstić information content (AvgIpc) is 2.55. The highest BCUT2D eigenvalue weighted by atomic mass is 32.2. The van der Waals surface area contributed by atoms with Gasteiger partial charge >= 0.3 is 0 Å². The minimum absolute atomic E-state index is 0.128. The molecule has 0 amide bonds. The second kappa shape index (κ2) is 7.50. The number of sulfonamides is 1. The predicted molar refractivity (Wildman–Crippen MR) is 101 cm³/mol. The molecule has 25 heavy (non-hydrogen) atoms. The van der Waals surface area contributed by atoms with Gasteiger partial charge in [0.15, 0.2) is 0 Å². The third-order valence-electron chi connectivity index (χ3n) is 4.47. The lowest BCUT2D eigenvalue weighted by molar-refractivity contribution is 0.0814. The van der Waals surface area contributed by atoms with Gasteiger partial charge in [0.25, 0.3) is 10.0 Å². The Bertz CT molecular complexity index is 836. The maximum atomic E-state index is 12.7. The van der Waals surface area contributed by atoms with E-state index in [0.717, 1.165) is 11.1 Å². The third kappa shape index (κ3) is 4.77. The van der Waals surface area contributed by atoms with Crippen molar-refractivity contribution in [1.29, 1.82) is 0 Å². The van der Waals surface area contributed by atoms with Crippen LogP contribution in [0.1, 0.15) is 31.9 Å². The molecule has 0 aliphatic heterocycles. The molecule has 0 unspecified atom stereocenters. The number of rotatable bonds is 6. The summed E-state index contributed by atoms with van der Waals surface area (Å²) < 4.78 is 29.5. The molecule has 0 saturated heterocycles. The number of hydrogen-bond acceptors (Lipinski definition) is 3. The topological polar surface area (TPSA) is 66.7 Å². The highest BCUT2D eigenvalue weighted by molar-refractivity contribution is 7.90. The van der Waals surface area contributed by atoms with Crippen LogP contribution in [0.25, 0.3) is 0 Å². The summed E-state index contributed by atoms with van der Waals surface area (Å²) in [6.45, 7) is 7.20. The van der Waals surface area contributed by atoms with Crippen LogP contribution in [0, 0.1) is 12.8 Å². The molecule has 0 saturated carbocycles. The van der Waals surface area contributed by atoms with Crippen LogP contribution in [0.5, 0.6) is 0 Å². The van der Waals surface area contributed by atoms with Crippen molar-refractivity contribution in [3.05, 3.63) is 65.7 Å². The van der Waals surface area contributed by atoms with Crippen molar-refractivity contribution in [1.82, 2.24) is 0 Å². The van der Waals surface area contributed by atoms with Crippen LogP contribution >= 0.6 is 0 Å². The summed E-state index contributed by atoms with van der Waals surface area (Å²) in [5.41, 5.74) is 0.797. The summed E-state index contributed by atoms with van der Waals surface area (Å²) >= 11 is 0. The smallest absolute Gasteiger partial charge is 0.282 e. The quantitative estimate of drug-likeness (QED) is 0.798. The SMILES string of the molecule is Cc1ccc(S(=O)(=O)/N=C(/Cc2ccccc2)[C@](C)(O)C(C)C)cc1. The molecular formula is C20H25NO3S. The van der Waals surface area contributed by atoms with Crippen molar-refractivity contribution in [2.45, 2.75) is 44.6 Å². The van der Waals surface area contributed by atoms with Crippen LogP contribution in [0.3, 0.4) is 0 Å². The van der Waals surface area contributed by atoms with E-state index < -0.39 is 15.6 Å². The molecule has 0 aromatic heterocycles. The van der Waals surface area contributed by atoms with E-state index in [4.69, 9.17) is 0 Å². The number of hydrogen-bond donors (Lipinski definition) is 1. The highest BCUT2D eigenvalue weighted by Gasteiger charge is 2.33. The van der Waals surface area contributed by atoms with Gasteiger partial charge in [0.1, 0.15) is 5.60 Å². The van der Waals surface area contributed by atoms with Gasteiger partial charge in [0, 0.05) is 6.42 Å². The van der Waals surface area contributed by atoms with Crippen molar-refractivity contribution >= 4 is 15.7 Å². The van der Waals surface area contributed by atoms with Crippen molar-refractivity contribution in [3.8, 4) is 0 Å². The van der Waals surface area contributed by atoms with Crippen LogP contribution in [0.15, 0.2) is 63.9 Å². The summed E-state index contributed by atoms with van der Waals surface area (Å²) in [6.07, 6.45) is 0.275. The summed E-state index contributed by atoms with van der Waals surface area (Å²) in [5, 5.41) is 10.9. The standard InChI is InChI=1S/C20H25NO3S/c1-15(2)20(4,22)19(14-17-8-6-5-7-9-17)21-25(23,24)18-12-10-16(3)11-13-18/h5-13,15,22H,14H2,1-4H3/b21-19-/t20-/m1/s1. The molecule has 1 atom stereocenters. The molecule has 134 valence electrons. The van der Waals surface area contributed by atoms with Crippen LogP contribution in [-0.4, -0.2) is 24.8 Å². The summed E-state index contributed by atoms with van der Waals surface area (Å²) in [6, 6.07) is 16.0. The van der Waals surface area contributed by atoms with Crippen molar-refractivity contribution < 1.29 is 13.5 Å². The maximum absolute atomic E-state index is 12.7. The van der Waals surface area contributed by atoms with E-state index >= 15 is 0 Å². The van der Waals surface area contributed by atoms with Crippen LogP contribution in [0.4, 0.5) is 0 Å². The van der Waals surface area contributed by atoms with Crippen molar-refractivity contribution in [2.24, 2.45) is 10.3 Å². The lowest BCUT2D eigenvalue weighted by Crippen LogP contribution is -2.42. The second-order valence-electron chi connectivity index (χ2n) is 6.79. The van der Waals surface area contributed by atoms with Gasteiger partial charge in [-0.25, -0.2) is 0 Å². The van der Waals surface area contributed by atoms with E-state index in [1.165, 1.54) is 0 Å². The molecule has 0 bridgehead atoms. The zero-order valence-electron chi connectivity index (χ0n) is 15.1. The Kier molecular flexibility index (Phi) is 5.80. The fourth-order valence-corrected chi connectivity index (χ4v) is 3.46. The van der Waals surface area contributed by atoms with Gasteiger partial charge in [0.05, 0.1) is 10.6 Å². The predicted octanol–water partition coefficient (Wildman–Crippen LogP) is 3.77. The molecule has 2 rings (SSSR count). The van der Waals surface area contributed by atoms with E-state index in [2.05, 4.69) is 4.40 Å². The third-order valence-corrected chi connectivity index (χ3v) is 5.80. The minimum Gasteiger partial charge on any atom is -0.384 e. The fourth-order valence-electron chi connectivity index (χ4n) is 2.33. The van der Waals surface area contributed by atoms with Gasteiger partial charge in [0.2, 0.25) is 0 Å². The van der Waals surface area contributed by atoms with E-state index in [0.29, 0.717) is 0 Å². The Morgan fingerprint density at radius 2 is 1.64 bits per heavy atom. The molecule has 5 heteroatoms. The summed E-state index contributed by atoms with van der Waals surface area (Å²) in [4.78, 5) is 0.128. The number of nitrogens with zero attached hydrogens (tertiary/aromatic N) is 1. The lowest BCUT2D eigenvalue weighted by atomic mass is 9.85. The maximum Gasteiger partial charge on any atom is 0.282 e. The molecule has 0 spiro atoms. The Labute approximate surface area is 150 Å². The van der Waals surface area contributed by atoms with Gasteiger partial charge in [-0.3, -0.25) is 0 Å². The molecular weight excluding hydrogens is 334 g/mol. The lowest BCUT2D eigenvalue weighted by Gasteiger charge is -2.29. The Morgan fingerprint density at radius 1 is 1.08 bits per heavy atom. The zero-order valence-corrected chi connectivity index (χ0v) is 15.9. The van der Waals surface area contributed by atoms with Crippen LogP contribution < -0.4 is 0 Å². The first-order chi connectivity index (χ1) is 11.6. The highest BCUT2D eigenvalue weighted by Crippen LogP contribution is 2.24. The molecule has 2 aromatic rings. The van der Waals surface area contributed by atoms with Gasteiger partial charge in [-0.2, -0.15) is 12.8 Å². The van der Waals surface area contributed by atoms with Crippen LogP contribution in [-0.2, 0) is 16.4 Å². The van der Waals surface area contributed by atoms with Gasteiger partial charge in [-0.05, 0) is 37.5 Å². The first-order valence-corrected chi connectivity index (χ1v) is 9.74. The second-order valence-corrected chi connectivity index (χ2v) is 8.39. The number of benzene rings is 2. The fraction of sp³-hybridized carbons (Fsp3) is 0.350. The molecule has 1 N–H and O–H groups in total. The molecule has 0 radical (unpaired) electrons. The molecule has 0 fully saturated rings. The molecule has 0 aliphatic rings. The summed E-state index contributed by atoms with van der Waals surface area (Å²) in [5.74, 6) is -0.178. The first kappa shape index (κ1) is 19.3. The van der Waals surface area contributed by atoms with E-state index in [1.54, 1.807) is 31.2 Å². The zero-order chi connectivity index (χ0) is 18.7. The number of aliphatic hydroxyl groups is 1. The van der Waals surface area contributed by atoms with Crippen molar-refractivity contribution in [3.63, 3.8) is 0 Å². The monoisotopic (exact) mass is 359 g/mol. The summed E-state index contributed by atoms with van der Waals surface area (Å²) in [7, 11) is -3.89. The molecule has 4 nitrogen and oxygen atoms in total. The number of aryl methyl sites for hydroxylation is 1. The largest absolute Gasteiger partial charge is 0.384 e. The van der Waals surface area contributed by atoms with E-state index in [9.17, 15) is 13.5 Å². The minimum atomic E-state index is -3.89. The Balaban J connectivity index is 2.50. The van der Waals surface area contributed by atoms with E-state index in [1.807, 2.05) is 51.1 Å². The van der Waals surface area contributed by atoms with Crippen LogP contribution in [0.2, 0.25) is 0 Å². The van der Waals surface area contributed by atoms with Gasteiger partial charge in [-0.15, -0.1) is 0 Å². The van der Waals surface area contributed by atoms with Crippen molar-refractivity contribution in [2.75, 3.05) is 0 Å². The Morgan fingerprint density at radius 3 is 2.16 bits per heavy atom. The normalized spacial score (nSPS) is 15.2. The Hall–Kier alpha value is -1.98. The molecule has 0 aliphatic carbocycles. The molecule has 2 aromatic carbocycles. The van der Waals surface area contributed by atoms with Gasteiger partial charge < -0.3 is 5.11 Å².